The van der Waals surface area contributed by atoms with Crippen molar-refractivity contribution in [3.05, 3.63) is 70.2 Å². The molecule has 2 saturated heterocycles. The maximum atomic E-state index is 12.7. The van der Waals surface area contributed by atoms with E-state index < -0.39 is 16.8 Å². The van der Waals surface area contributed by atoms with Gasteiger partial charge in [0, 0.05) is 4.47 Å². The Balaban J connectivity index is 1.70. The fourth-order valence-corrected chi connectivity index (χ4v) is 4.10. The Morgan fingerprint density at radius 3 is 2.08 bits per heavy atom. The number of carbonyl (C=O) groups is 1. The molecule has 0 spiro atoms. The lowest BCUT2D eigenvalue weighted by Gasteiger charge is -2.26. The van der Waals surface area contributed by atoms with Crippen molar-refractivity contribution in [3.63, 3.8) is 0 Å². The van der Waals surface area contributed by atoms with Crippen LogP contribution in [0.2, 0.25) is 0 Å². The predicted molar refractivity (Wildman–Crippen MR) is 103 cm³/mol. The summed E-state index contributed by atoms with van der Waals surface area (Å²) >= 11 is 3.49. The molecule has 4 nitrogen and oxygen atoms in total. The number of nitrogens with zero attached hydrogens (tertiary/aromatic N) is 1. The third-order valence-corrected chi connectivity index (χ3v) is 5.52. The molecule has 0 unspecified atom stereocenters. The van der Waals surface area contributed by atoms with Gasteiger partial charge in [-0.2, -0.15) is 0 Å². The van der Waals surface area contributed by atoms with Crippen LogP contribution in [-0.2, 0) is 20.7 Å². The summed E-state index contributed by atoms with van der Waals surface area (Å²) in [5.74, 6) is 0. The first-order chi connectivity index (χ1) is 12.3. The molecule has 0 saturated carbocycles. The lowest BCUT2D eigenvalue weighted by atomic mass is 9.84. The summed E-state index contributed by atoms with van der Waals surface area (Å²) in [5, 5.41) is 0. The zero-order chi connectivity index (χ0) is 18.6. The number of carbonyl (C=O) groups excluding carboxylic acids is 1. The number of hydrogen-bond donors (Lipinski definition) is 0. The zero-order valence-corrected chi connectivity index (χ0v) is 16.7. The Hall–Kier alpha value is -1.85. The molecule has 2 aliphatic heterocycles. The highest BCUT2D eigenvalue weighted by Gasteiger charge is 2.77. The summed E-state index contributed by atoms with van der Waals surface area (Å²) in [6.45, 7) is 6.63. The van der Waals surface area contributed by atoms with Crippen molar-refractivity contribution in [1.82, 2.24) is 4.90 Å². The van der Waals surface area contributed by atoms with Crippen molar-refractivity contribution in [2.75, 3.05) is 13.1 Å². The van der Waals surface area contributed by atoms with Gasteiger partial charge in [0.25, 0.3) is 0 Å². The molecule has 26 heavy (non-hydrogen) atoms. The fourth-order valence-electron chi connectivity index (χ4n) is 3.83. The van der Waals surface area contributed by atoms with Crippen LogP contribution in [0.3, 0.4) is 0 Å². The van der Waals surface area contributed by atoms with E-state index in [-0.39, 0.29) is 6.09 Å². The molecule has 2 aromatic rings. The zero-order valence-electron chi connectivity index (χ0n) is 15.2. The average molecular weight is 416 g/mol. The standard InChI is InChI=1S/C21H22BrNO3/c1-19(2,3)25-18(24)23-13-20(15-7-5-4-6-8-15)21(14-23,26-20)16-9-11-17(22)12-10-16/h4-12H,13-14H2,1-3H3/t20-,21+/m0/s1. The Bertz CT molecular complexity index is 831. The summed E-state index contributed by atoms with van der Waals surface area (Å²) in [6, 6.07) is 18.3. The van der Waals surface area contributed by atoms with Crippen molar-refractivity contribution in [1.29, 1.82) is 0 Å². The summed E-state index contributed by atoms with van der Waals surface area (Å²) < 4.78 is 13.0. The first-order valence-corrected chi connectivity index (χ1v) is 9.55. The second-order valence-corrected chi connectivity index (χ2v) is 8.88. The van der Waals surface area contributed by atoms with Gasteiger partial charge in [-0.15, -0.1) is 0 Å². The van der Waals surface area contributed by atoms with Crippen LogP contribution >= 0.6 is 15.9 Å². The maximum absolute atomic E-state index is 12.7. The van der Waals surface area contributed by atoms with Gasteiger partial charge in [-0.25, -0.2) is 4.79 Å². The van der Waals surface area contributed by atoms with E-state index in [1.807, 2.05) is 51.1 Å². The molecule has 0 radical (unpaired) electrons. The van der Waals surface area contributed by atoms with E-state index in [0.29, 0.717) is 13.1 Å². The van der Waals surface area contributed by atoms with Crippen LogP contribution in [0, 0.1) is 0 Å². The molecule has 0 bridgehead atoms. The summed E-state index contributed by atoms with van der Waals surface area (Å²) in [4.78, 5) is 14.4. The lowest BCUT2D eigenvalue weighted by Crippen LogP contribution is -2.38. The largest absolute Gasteiger partial charge is 0.444 e. The first kappa shape index (κ1) is 17.6. The van der Waals surface area contributed by atoms with Crippen molar-refractivity contribution in [2.45, 2.75) is 37.6 Å². The smallest absolute Gasteiger partial charge is 0.410 e. The fraction of sp³-hybridized carbons (Fsp3) is 0.381. The molecule has 0 aromatic heterocycles. The van der Waals surface area contributed by atoms with Gasteiger partial charge in [0.2, 0.25) is 0 Å². The molecule has 0 aliphatic carbocycles. The van der Waals surface area contributed by atoms with E-state index in [2.05, 4.69) is 40.2 Å². The molecule has 0 N–H and O–H groups in total. The van der Waals surface area contributed by atoms with E-state index in [0.717, 1.165) is 15.6 Å². The van der Waals surface area contributed by atoms with Gasteiger partial charge in [-0.1, -0.05) is 58.4 Å². The predicted octanol–water partition coefficient (Wildman–Crippen LogP) is 4.82. The molecule has 2 aliphatic rings. The van der Waals surface area contributed by atoms with E-state index in [9.17, 15) is 4.79 Å². The lowest BCUT2D eigenvalue weighted by molar-refractivity contribution is 0.0161. The van der Waals surface area contributed by atoms with Gasteiger partial charge in [-0.05, 0) is 44.0 Å². The summed E-state index contributed by atoms with van der Waals surface area (Å²) in [5.41, 5.74) is 0.616. The van der Waals surface area contributed by atoms with E-state index >= 15 is 0 Å². The first-order valence-electron chi connectivity index (χ1n) is 8.75. The van der Waals surface area contributed by atoms with Crippen molar-refractivity contribution >= 4 is 22.0 Å². The maximum Gasteiger partial charge on any atom is 0.410 e. The number of ether oxygens (including phenoxy) is 2. The second-order valence-electron chi connectivity index (χ2n) is 7.97. The highest BCUT2D eigenvalue weighted by molar-refractivity contribution is 9.10. The Kier molecular flexibility index (Phi) is 3.93. The van der Waals surface area contributed by atoms with Crippen LogP contribution in [0.25, 0.3) is 0 Å². The number of amides is 1. The Morgan fingerprint density at radius 1 is 1.00 bits per heavy atom. The van der Waals surface area contributed by atoms with Crippen LogP contribution in [0.4, 0.5) is 4.79 Å². The SMILES string of the molecule is CC(C)(C)OC(=O)N1C[C@@]2(c3ccccc3)O[C@@]2(c2ccc(Br)cc2)C1. The molecule has 2 heterocycles. The molecule has 4 rings (SSSR count). The highest BCUT2D eigenvalue weighted by atomic mass is 79.9. The van der Waals surface area contributed by atoms with E-state index in [4.69, 9.17) is 9.47 Å². The van der Waals surface area contributed by atoms with Gasteiger partial charge in [0.15, 0.2) is 0 Å². The second kappa shape index (κ2) is 5.83. The molecule has 2 atom stereocenters. The minimum Gasteiger partial charge on any atom is -0.444 e. The van der Waals surface area contributed by atoms with Crippen LogP contribution in [0.5, 0.6) is 0 Å². The number of epoxide rings is 1. The molecule has 2 aromatic carbocycles. The van der Waals surface area contributed by atoms with Gasteiger partial charge >= 0.3 is 6.09 Å². The molecule has 2 fully saturated rings. The van der Waals surface area contributed by atoms with Crippen LogP contribution < -0.4 is 0 Å². The molecule has 136 valence electrons. The average Bonchev–Trinajstić information content (AvgIpc) is 3.12. The number of rotatable bonds is 2. The molecule has 5 heteroatoms. The van der Waals surface area contributed by atoms with Crippen molar-refractivity contribution in [2.24, 2.45) is 0 Å². The number of hydrogen-bond acceptors (Lipinski definition) is 3. The topological polar surface area (TPSA) is 42.1 Å². The molecular weight excluding hydrogens is 394 g/mol. The normalized spacial score (nSPS) is 27.2. The third-order valence-electron chi connectivity index (χ3n) is 4.99. The molecule has 1 amide bonds. The number of fused-ring (bicyclic) bond motifs is 1. The van der Waals surface area contributed by atoms with Crippen LogP contribution in [0.15, 0.2) is 59.1 Å². The summed E-state index contributed by atoms with van der Waals surface area (Å²) in [7, 11) is 0. The number of morpholine rings is 1. The molecular formula is C21H22BrNO3. The number of halogens is 1. The van der Waals surface area contributed by atoms with Gasteiger partial charge in [0.1, 0.15) is 16.8 Å². The van der Waals surface area contributed by atoms with Gasteiger partial charge in [0.05, 0.1) is 13.1 Å². The van der Waals surface area contributed by atoms with Crippen LogP contribution in [-0.4, -0.2) is 29.7 Å². The third kappa shape index (κ3) is 2.74. The van der Waals surface area contributed by atoms with E-state index in [1.165, 1.54) is 0 Å². The highest BCUT2D eigenvalue weighted by Crippen LogP contribution is 2.66. The Labute approximate surface area is 162 Å². The van der Waals surface area contributed by atoms with Gasteiger partial charge < -0.3 is 14.4 Å². The summed E-state index contributed by atoms with van der Waals surface area (Å²) in [6.07, 6.45) is -0.292. The minimum absolute atomic E-state index is 0.292. The van der Waals surface area contributed by atoms with Crippen molar-refractivity contribution < 1.29 is 14.3 Å². The van der Waals surface area contributed by atoms with Crippen molar-refractivity contribution in [3.8, 4) is 0 Å². The minimum atomic E-state index is -0.522. The monoisotopic (exact) mass is 415 g/mol. The quantitative estimate of drug-likeness (QED) is 0.660. The van der Waals surface area contributed by atoms with Crippen LogP contribution in [0.1, 0.15) is 31.9 Å². The number of likely N-dealkylation sites (tertiary alicyclic amines) is 1. The number of benzene rings is 2. The Morgan fingerprint density at radius 2 is 1.54 bits per heavy atom. The van der Waals surface area contributed by atoms with E-state index in [1.54, 1.807) is 4.90 Å². The van der Waals surface area contributed by atoms with Gasteiger partial charge in [-0.3, -0.25) is 0 Å².